The molecule has 94 valence electrons. The smallest absolute Gasteiger partial charge is 0.156 e. The number of carboxylic acid groups (broad SMARTS) is 1. The number of hydrogen-bond donors (Lipinski definition) is 0. The molecule has 0 spiro atoms. The molecule has 0 aliphatic heterocycles. The number of tetrazole rings is 1. The van der Waals surface area contributed by atoms with Crippen molar-refractivity contribution >= 4 is 5.97 Å². The molecule has 0 fully saturated rings. The van der Waals surface area contributed by atoms with Gasteiger partial charge in [-0.15, -0.1) is 5.10 Å². The van der Waals surface area contributed by atoms with Gasteiger partial charge in [-0.3, -0.25) is 0 Å². The van der Waals surface area contributed by atoms with Gasteiger partial charge in [0, 0.05) is 6.42 Å². The summed E-state index contributed by atoms with van der Waals surface area (Å²) in [5.41, 5.74) is 0.963. The van der Waals surface area contributed by atoms with E-state index in [4.69, 9.17) is 4.74 Å². The molecule has 0 radical (unpaired) electrons. The van der Waals surface area contributed by atoms with Crippen molar-refractivity contribution in [2.45, 2.75) is 13.0 Å². The van der Waals surface area contributed by atoms with Crippen LogP contribution in [0.2, 0.25) is 0 Å². The molecule has 0 saturated heterocycles. The molecule has 0 atom stereocenters. The van der Waals surface area contributed by atoms with Crippen molar-refractivity contribution in [3.63, 3.8) is 0 Å². The Hall–Kier alpha value is -2.44. The van der Waals surface area contributed by atoms with Gasteiger partial charge in [0.15, 0.2) is 5.82 Å². The van der Waals surface area contributed by atoms with Gasteiger partial charge >= 0.3 is 0 Å². The third kappa shape index (κ3) is 2.82. The Morgan fingerprint density at radius 1 is 1.39 bits per heavy atom. The molecular weight excluding hydrogens is 236 g/mol. The van der Waals surface area contributed by atoms with Crippen molar-refractivity contribution in [3.05, 3.63) is 35.7 Å². The first kappa shape index (κ1) is 12.0. The zero-order chi connectivity index (χ0) is 13.0. The van der Waals surface area contributed by atoms with E-state index in [9.17, 15) is 9.90 Å². The fourth-order valence-corrected chi connectivity index (χ4v) is 1.52. The number of carbonyl (C=O) groups excluding carboxylic acids is 1. The molecule has 0 unspecified atom stereocenters. The van der Waals surface area contributed by atoms with Gasteiger partial charge in [0.25, 0.3) is 0 Å². The van der Waals surface area contributed by atoms with Crippen molar-refractivity contribution < 1.29 is 14.6 Å². The predicted octanol–water partition coefficient (Wildman–Crippen LogP) is -0.978. The number of methoxy groups -OCH3 is 1. The molecule has 2 rings (SSSR count). The van der Waals surface area contributed by atoms with Crippen LogP contribution in [0, 0.1) is 0 Å². The molecule has 1 heterocycles. The van der Waals surface area contributed by atoms with Gasteiger partial charge in [-0.25, -0.2) is 4.68 Å². The van der Waals surface area contributed by atoms with Crippen LogP contribution >= 0.6 is 0 Å². The van der Waals surface area contributed by atoms with Crippen LogP contribution in [0.1, 0.15) is 11.4 Å². The van der Waals surface area contributed by atoms with Crippen LogP contribution in [0.4, 0.5) is 0 Å². The number of rotatable bonds is 5. The average molecular weight is 247 g/mol. The number of aromatic nitrogens is 4. The normalized spacial score (nSPS) is 10.3. The lowest BCUT2D eigenvalue weighted by Crippen LogP contribution is -2.28. The summed E-state index contributed by atoms with van der Waals surface area (Å²) in [4.78, 5) is 10.5. The Kier molecular flexibility index (Phi) is 3.52. The van der Waals surface area contributed by atoms with E-state index in [0.29, 0.717) is 12.2 Å². The minimum Gasteiger partial charge on any atom is -0.548 e. The van der Waals surface area contributed by atoms with Crippen molar-refractivity contribution in [1.29, 1.82) is 0 Å². The van der Waals surface area contributed by atoms with Gasteiger partial charge in [-0.1, -0.05) is 12.1 Å². The van der Waals surface area contributed by atoms with E-state index in [-0.39, 0.29) is 6.54 Å². The molecule has 2 aromatic rings. The van der Waals surface area contributed by atoms with Crippen molar-refractivity contribution in [1.82, 2.24) is 20.2 Å². The maximum atomic E-state index is 10.5. The molecule has 0 saturated carbocycles. The van der Waals surface area contributed by atoms with Crippen LogP contribution in [-0.4, -0.2) is 33.3 Å². The third-order valence-electron chi connectivity index (χ3n) is 2.41. The van der Waals surface area contributed by atoms with Gasteiger partial charge in [0.2, 0.25) is 0 Å². The maximum Gasteiger partial charge on any atom is 0.156 e. The quantitative estimate of drug-likeness (QED) is 0.674. The lowest BCUT2D eigenvalue weighted by molar-refractivity contribution is -0.306. The summed E-state index contributed by atoms with van der Waals surface area (Å²) in [6, 6.07) is 7.39. The molecule has 7 heteroatoms. The Morgan fingerprint density at radius 3 is 2.72 bits per heavy atom. The molecular formula is C11H11N4O3-. The summed E-state index contributed by atoms with van der Waals surface area (Å²) < 4.78 is 6.26. The van der Waals surface area contributed by atoms with Crippen LogP contribution < -0.4 is 9.84 Å². The average Bonchev–Trinajstić information content (AvgIpc) is 2.77. The molecule has 1 aromatic heterocycles. The lowest BCUT2D eigenvalue weighted by atomic mass is 10.1. The Morgan fingerprint density at radius 2 is 2.11 bits per heavy atom. The molecule has 0 aliphatic carbocycles. The number of carboxylic acids is 1. The number of hydrogen-bond acceptors (Lipinski definition) is 6. The monoisotopic (exact) mass is 247 g/mol. The Bertz CT molecular complexity index is 535. The second kappa shape index (κ2) is 5.26. The molecule has 18 heavy (non-hydrogen) atoms. The highest BCUT2D eigenvalue weighted by molar-refractivity contribution is 5.63. The van der Waals surface area contributed by atoms with E-state index in [1.54, 1.807) is 7.11 Å². The topological polar surface area (TPSA) is 93.0 Å². The predicted molar refractivity (Wildman–Crippen MR) is 58.6 cm³/mol. The van der Waals surface area contributed by atoms with Gasteiger partial charge in [-0.2, -0.15) is 0 Å². The summed E-state index contributed by atoms with van der Waals surface area (Å²) in [6.45, 7) is -0.349. The van der Waals surface area contributed by atoms with Crippen molar-refractivity contribution in [3.8, 4) is 5.75 Å². The van der Waals surface area contributed by atoms with Crippen LogP contribution in [0.15, 0.2) is 24.3 Å². The summed E-state index contributed by atoms with van der Waals surface area (Å²) in [5.74, 6) is 0.00993. The van der Waals surface area contributed by atoms with Gasteiger partial charge in [0.05, 0.1) is 19.6 Å². The van der Waals surface area contributed by atoms with Crippen LogP contribution in [0.25, 0.3) is 0 Å². The number of nitrogens with zero attached hydrogens (tertiary/aromatic N) is 4. The second-order valence-electron chi connectivity index (χ2n) is 3.65. The second-order valence-corrected chi connectivity index (χ2v) is 3.65. The summed E-state index contributed by atoms with van der Waals surface area (Å²) >= 11 is 0. The largest absolute Gasteiger partial charge is 0.548 e. The number of carbonyl (C=O) groups is 1. The van der Waals surface area contributed by atoms with E-state index in [0.717, 1.165) is 11.3 Å². The minimum absolute atomic E-state index is 0.349. The van der Waals surface area contributed by atoms with Gasteiger partial charge in [-0.05, 0) is 28.1 Å². The minimum atomic E-state index is -1.22. The Balaban J connectivity index is 2.12. The summed E-state index contributed by atoms with van der Waals surface area (Å²) in [7, 11) is 1.59. The highest BCUT2D eigenvalue weighted by Crippen LogP contribution is 2.13. The van der Waals surface area contributed by atoms with Crippen LogP contribution in [-0.2, 0) is 17.8 Å². The zero-order valence-electron chi connectivity index (χ0n) is 9.74. The number of benzene rings is 1. The van der Waals surface area contributed by atoms with E-state index < -0.39 is 5.97 Å². The van der Waals surface area contributed by atoms with E-state index in [2.05, 4.69) is 15.5 Å². The number of ether oxygens (including phenoxy) is 1. The van der Waals surface area contributed by atoms with E-state index >= 15 is 0 Å². The molecule has 0 aliphatic rings. The van der Waals surface area contributed by atoms with Crippen LogP contribution in [0.5, 0.6) is 5.75 Å². The highest BCUT2D eigenvalue weighted by atomic mass is 16.5. The molecule has 0 bridgehead atoms. The SMILES string of the molecule is COc1ccc(Cc2nnnn2CC(=O)[O-])cc1. The fourth-order valence-electron chi connectivity index (χ4n) is 1.52. The summed E-state index contributed by atoms with van der Waals surface area (Å²) in [6.07, 6.45) is 0.449. The maximum absolute atomic E-state index is 10.5. The molecule has 0 N–H and O–H groups in total. The van der Waals surface area contributed by atoms with Gasteiger partial charge in [0.1, 0.15) is 5.75 Å². The first-order valence-electron chi connectivity index (χ1n) is 5.27. The van der Waals surface area contributed by atoms with Crippen LogP contribution in [0.3, 0.4) is 0 Å². The molecule has 0 amide bonds. The number of aliphatic carboxylic acids is 1. The molecule has 7 nitrogen and oxygen atoms in total. The first-order chi connectivity index (χ1) is 8.69. The summed E-state index contributed by atoms with van der Waals surface area (Å²) in [5, 5.41) is 21.3. The van der Waals surface area contributed by atoms with Crippen molar-refractivity contribution in [2.75, 3.05) is 7.11 Å². The van der Waals surface area contributed by atoms with E-state index in [1.165, 1.54) is 4.68 Å². The third-order valence-corrected chi connectivity index (χ3v) is 2.41. The zero-order valence-corrected chi connectivity index (χ0v) is 9.74. The Labute approximate surface area is 103 Å². The fraction of sp³-hybridized carbons (Fsp3) is 0.273. The molecule has 1 aromatic carbocycles. The van der Waals surface area contributed by atoms with E-state index in [1.807, 2.05) is 24.3 Å². The lowest BCUT2D eigenvalue weighted by Gasteiger charge is -2.05. The first-order valence-corrected chi connectivity index (χ1v) is 5.27. The van der Waals surface area contributed by atoms with Crippen molar-refractivity contribution in [2.24, 2.45) is 0 Å². The standard InChI is InChI=1S/C11H12N4O3/c1-18-9-4-2-8(3-5-9)6-10-12-13-14-15(10)7-11(16)17/h2-5H,6-7H2,1H3,(H,16,17)/p-1. The highest BCUT2D eigenvalue weighted by Gasteiger charge is 2.07. The van der Waals surface area contributed by atoms with Gasteiger partial charge < -0.3 is 14.6 Å².